The molecule has 0 radical (unpaired) electrons. The second-order valence-electron chi connectivity index (χ2n) is 18.0. The fourth-order valence-electron chi connectivity index (χ4n) is 10.9. The molecule has 11 aromatic carbocycles. The first-order valence-electron chi connectivity index (χ1n) is 23.7. The number of nitrogens with zero attached hydrogens (tertiary/aromatic N) is 1. The summed E-state index contributed by atoms with van der Waals surface area (Å²) in [6.07, 6.45) is 0. The molecule has 1 aromatic heterocycles. The van der Waals surface area contributed by atoms with Crippen LogP contribution in [0.1, 0.15) is 22.3 Å². The highest BCUT2D eigenvalue weighted by Gasteiger charge is 2.46. The highest BCUT2D eigenvalue weighted by molar-refractivity contribution is 7.25. The molecule has 1 aliphatic rings. The summed E-state index contributed by atoms with van der Waals surface area (Å²) in [5.74, 6) is 0. The molecule has 0 fully saturated rings. The summed E-state index contributed by atoms with van der Waals surface area (Å²) in [6.45, 7) is 0. The summed E-state index contributed by atoms with van der Waals surface area (Å²) in [4.78, 5) is 2.50. The summed E-state index contributed by atoms with van der Waals surface area (Å²) in [5.41, 5.74) is 19.8. The summed E-state index contributed by atoms with van der Waals surface area (Å²) >= 11 is 1.86. The fraction of sp³-hybridized carbons (Fsp3) is 0.0149. The minimum atomic E-state index is -0.627. The molecule has 12 aromatic rings. The van der Waals surface area contributed by atoms with E-state index in [1.165, 1.54) is 86.9 Å². The van der Waals surface area contributed by atoms with Gasteiger partial charge in [0.2, 0.25) is 0 Å². The predicted molar refractivity (Wildman–Crippen MR) is 293 cm³/mol. The van der Waals surface area contributed by atoms with E-state index in [2.05, 4.69) is 278 Å². The van der Waals surface area contributed by atoms with Crippen molar-refractivity contribution in [2.75, 3.05) is 4.90 Å². The average Bonchev–Trinajstić information content (AvgIpc) is 3.95. The molecule has 69 heavy (non-hydrogen) atoms. The van der Waals surface area contributed by atoms with Crippen LogP contribution in [0.5, 0.6) is 0 Å². The number of fused-ring (bicyclic) bond motifs is 6. The van der Waals surface area contributed by atoms with Crippen LogP contribution in [0, 0.1) is 0 Å². The molecule has 13 rings (SSSR count). The molecule has 0 saturated carbocycles. The molecule has 0 saturated heterocycles. The lowest BCUT2D eigenvalue weighted by molar-refractivity contribution is 0.768. The van der Waals surface area contributed by atoms with Gasteiger partial charge in [0.25, 0.3) is 0 Å². The van der Waals surface area contributed by atoms with Gasteiger partial charge in [-0.25, -0.2) is 0 Å². The number of anilines is 3. The first kappa shape index (κ1) is 40.7. The molecule has 1 heterocycles. The fourth-order valence-corrected chi connectivity index (χ4v) is 12.0. The normalized spacial score (nSPS) is 12.5. The van der Waals surface area contributed by atoms with E-state index < -0.39 is 5.41 Å². The lowest BCUT2D eigenvalue weighted by Crippen LogP contribution is -2.29. The van der Waals surface area contributed by atoms with Crippen molar-refractivity contribution in [1.29, 1.82) is 0 Å². The van der Waals surface area contributed by atoms with Crippen molar-refractivity contribution in [2.45, 2.75) is 5.41 Å². The molecule has 324 valence electrons. The highest BCUT2D eigenvalue weighted by Crippen LogP contribution is 2.58. The Morgan fingerprint density at radius 2 is 0.710 bits per heavy atom. The van der Waals surface area contributed by atoms with Crippen molar-refractivity contribution in [2.24, 2.45) is 0 Å². The maximum Gasteiger partial charge on any atom is 0.0714 e. The molecule has 0 aliphatic heterocycles. The van der Waals surface area contributed by atoms with Crippen molar-refractivity contribution in [3.63, 3.8) is 0 Å². The van der Waals surface area contributed by atoms with E-state index in [9.17, 15) is 0 Å². The number of hydrogen-bond donors (Lipinski definition) is 0. The lowest BCUT2D eigenvalue weighted by Gasteiger charge is -2.35. The number of benzene rings is 11. The maximum absolute atomic E-state index is 2.50. The van der Waals surface area contributed by atoms with Crippen LogP contribution in [-0.2, 0) is 5.41 Å². The van der Waals surface area contributed by atoms with Gasteiger partial charge in [-0.3, -0.25) is 0 Å². The van der Waals surface area contributed by atoms with Gasteiger partial charge in [0, 0.05) is 37.1 Å². The minimum absolute atomic E-state index is 0.627. The third-order valence-electron chi connectivity index (χ3n) is 14.2. The third kappa shape index (κ3) is 6.91. The molecule has 1 aliphatic carbocycles. The molecule has 0 spiro atoms. The van der Waals surface area contributed by atoms with E-state index in [4.69, 9.17) is 0 Å². The first-order chi connectivity index (χ1) is 34.2. The highest BCUT2D eigenvalue weighted by atomic mass is 32.1. The monoisotopic (exact) mass is 895 g/mol. The van der Waals surface area contributed by atoms with Crippen LogP contribution in [-0.4, -0.2) is 0 Å². The zero-order valence-electron chi connectivity index (χ0n) is 37.8. The van der Waals surface area contributed by atoms with Crippen molar-refractivity contribution >= 4 is 48.6 Å². The van der Waals surface area contributed by atoms with Crippen LogP contribution in [0.25, 0.3) is 75.8 Å². The largest absolute Gasteiger partial charge is 0.310 e. The molecule has 0 unspecified atom stereocenters. The Hall–Kier alpha value is -8.56. The van der Waals surface area contributed by atoms with Crippen molar-refractivity contribution in [3.05, 3.63) is 295 Å². The second kappa shape index (κ2) is 16.9. The quantitative estimate of drug-likeness (QED) is 0.140. The lowest BCUT2D eigenvalue weighted by atomic mass is 9.67. The Labute approximate surface area is 407 Å². The predicted octanol–water partition coefficient (Wildman–Crippen LogP) is 18.6. The van der Waals surface area contributed by atoms with Gasteiger partial charge < -0.3 is 4.90 Å². The number of thiophene rings is 1. The van der Waals surface area contributed by atoms with Crippen molar-refractivity contribution in [1.82, 2.24) is 0 Å². The van der Waals surface area contributed by atoms with Gasteiger partial charge in [0.05, 0.1) is 11.1 Å². The smallest absolute Gasteiger partial charge is 0.0714 e. The van der Waals surface area contributed by atoms with Crippen LogP contribution < -0.4 is 4.90 Å². The Kier molecular flexibility index (Phi) is 10.00. The van der Waals surface area contributed by atoms with Crippen LogP contribution in [0.4, 0.5) is 17.1 Å². The summed E-state index contributed by atoms with van der Waals surface area (Å²) in [7, 11) is 0. The molecule has 0 bridgehead atoms. The summed E-state index contributed by atoms with van der Waals surface area (Å²) in [5, 5.41) is 2.55. The average molecular weight is 896 g/mol. The van der Waals surface area contributed by atoms with E-state index in [1.54, 1.807) is 0 Å². The van der Waals surface area contributed by atoms with Crippen LogP contribution in [0.2, 0.25) is 0 Å². The maximum atomic E-state index is 2.50. The van der Waals surface area contributed by atoms with Crippen LogP contribution in [0.3, 0.4) is 0 Å². The molecule has 2 heteroatoms. The summed E-state index contributed by atoms with van der Waals surface area (Å²) < 4.78 is 2.58. The van der Waals surface area contributed by atoms with Gasteiger partial charge in [-0.2, -0.15) is 0 Å². The van der Waals surface area contributed by atoms with Gasteiger partial charge in [0.1, 0.15) is 0 Å². The Bertz CT molecular complexity index is 3710. The van der Waals surface area contributed by atoms with Crippen LogP contribution >= 0.6 is 11.3 Å². The topological polar surface area (TPSA) is 3.24 Å². The molecular formula is C67H45NS. The summed E-state index contributed by atoms with van der Waals surface area (Å²) in [6, 6.07) is 101. The molecule has 1 nitrogen and oxygen atoms in total. The van der Waals surface area contributed by atoms with Gasteiger partial charge in [0.15, 0.2) is 0 Å². The van der Waals surface area contributed by atoms with Gasteiger partial charge >= 0.3 is 0 Å². The molecule has 0 N–H and O–H groups in total. The van der Waals surface area contributed by atoms with E-state index in [0.717, 1.165) is 28.2 Å². The SMILES string of the molecule is c1ccc(-c2ccc(-c3ccccc3N(c3ccc4c(c3)C(c3ccc(-c5ccccc5)cc3)(c3ccc(-c5ccccc5)cc3)c3ccccc3-4)c3ccc4sc5ccccc5c4c3)cc2)cc1. The minimum Gasteiger partial charge on any atom is -0.310 e. The van der Waals surface area contributed by atoms with Gasteiger partial charge in [-0.1, -0.05) is 231 Å². The first-order valence-corrected chi connectivity index (χ1v) is 24.5. The molecule has 0 amide bonds. The van der Waals surface area contributed by atoms with E-state index >= 15 is 0 Å². The zero-order valence-corrected chi connectivity index (χ0v) is 38.7. The van der Waals surface area contributed by atoms with E-state index in [0.29, 0.717) is 0 Å². The van der Waals surface area contributed by atoms with Gasteiger partial charge in [-0.05, 0) is 115 Å². The van der Waals surface area contributed by atoms with E-state index in [-0.39, 0.29) is 0 Å². The Balaban J connectivity index is 1.05. The third-order valence-corrected chi connectivity index (χ3v) is 15.4. The van der Waals surface area contributed by atoms with Crippen LogP contribution in [0.15, 0.2) is 273 Å². The zero-order chi connectivity index (χ0) is 45.7. The molecular weight excluding hydrogens is 851 g/mol. The Morgan fingerprint density at radius 3 is 1.33 bits per heavy atom. The standard InChI is InChI=1S/C67H45NS/c1-4-16-46(17-5-1)49-28-30-52(31-29-49)57-22-11-14-26-64(57)68(55-41-43-66-61(44-55)60-24-12-15-27-65(60)69-66)56-40-42-59-58-23-10-13-25-62(58)67(63(59)45-56,53-36-32-50(33-37-53)47-18-6-2-7-19-47)54-38-34-51(35-39-54)48-20-8-3-9-21-48/h1-45H. The number of para-hydroxylation sites is 1. The van der Waals surface area contributed by atoms with E-state index in [1.807, 2.05) is 11.3 Å². The molecule has 0 atom stereocenters. The number of hydrogen-bond acceptors (Lipinski definition) is 2. The Morgan fingerprint density at radius 1 is 0.275 bits per heavy atom. The van der Waals surface area contributed by atoms with Crippen molar-refractivity contribution < 1.29 is 0 Å². The number of rotatable bonds is 9. The van der Waals surface area contributed by atoms with Crippen molar-refractivity contribution in [3.8, 4) is 55.6 Å². The second-order valence-corrected chi connectivity index (χ2v) is 19.1. The van der Waals surface area contributed by atoms with Gasteiger partial charge in [-0.15, -0.1) is 11.3 Å².